The van der Waals surface area contributed by atoms with E-state index in [0.29, 0.717) is 51.5 Å². The van der Waals surface area contributed by atoms with E-state index in [1.807, 2.05) is 62.4 Å². The molecule has 2 N–H and O–H groups in total. The number of phenolic OH excluding ortho intramolecular Hbond substituents is 1. The minimum atomic E-state index is -3.99. The van der Waals surface area contributed by atoms with Crippen LogP contribution in [-0.4, -0.2) is 46.3 Å². The number of nitrogens with zero attached hydrogens (tertiary/aromatic N) is 2. The smallest absolute Gasteiger partial charge is 0.354 e. The molecule has 0 aliphatic rings. The fourth-order valence-corrected chi connectivity index (χ4v) is 10.2. The molecule has 0 radical (unpaired) electrons. The lowest BCUT2D eigenvalue weighted by Gasteiger charge is -2.12. The molecule has 0 spiro atoms. The molecule has 4 aromatic heterocycles. The van der Waals surface area contributed by atoms with Crippen LogP contribution < -0.4 is 13.7 Å². The number of aromatic hydroxyl groups is 1. The number of carboxylic acids is 1. The van der Waals surface area contributed by atoms with Crippen molar-refractivity contribution in [3.05, 3.63) is 193 Å². The monoisotopic (exact) mass is 1020 g/mol. The van der Waals surface area contributed by atoms with Crippen molar-refractivity contribution >= 4 is 89.7 Å². The number of carboxylic acid groups (broad SMARTS) is 1. The summed E-state index contributed by atoms with van der Waals surface area (Å²) >= 11 is 15.8. The maximum absolute atomic E-state index is 12.7. The van der Waals surface area contributed by atoms with E-state index in [0.717, 1.165) is 34.6 Å². The van der Waals surface area contributed by atoms with Crippen molar-refractivity contribution in [3.63, 3.8) is 0 Å². The van der Waals surface area contributed by atoms with Gasteiger partial charge in [0.25, 0.3) is 0 Å². The summed E-state index contributed by atoms with van der Waals surface area (Å²) in [7, 11) is -3.99. The summed E-state index contributed by atoms with van der Waals surface area (Å²) in [5.41, 5.74) is 6.11. The molecule has 9 aromatic rings. The van der Waals surface area contributed by atoms with Crippen LogP contribution in [-0.2, 0) is 54.0 Å². The molecule has 0 saturated carbocycles. The van der Waals surface area contributed by atoms with Crippen LogP contribution >= 0.6 is 45.9 Å². The van der Waals surface area contributed by atoms with Gasteiger partial charge in [0.2, 0.25) is 0 Å². The fraction of sp³-hybridized carbons (Fsp3) is 0.154. The number of phenols is 1. The van der Waals surface area contributed by atoms with Crippen LogP contribution in [0.25, 0.3) is 21.8 Å². The number of ether oxygens (including phenoxy) is 3. The number of benzene rings is 5. The average molecular weight is 1020 g/mol. The first kappa shape index (κ1) is 48.7. The topological polar surface area (TPSA) is 156 Å². The molecule has 69 heavy (non-hydrogen) atoms. The highest BCUT2D eigenvalue weighted by Crippen LogP contribution is 2.31. The number of rotatable bonds is 18. The third-order valence-electron chi connectivity index (χ3n) is 10.9. The molecule has 0 saturated heterocycles. The second kappa shape index (κ2) is 22.1. The van der Waals surface area contributed by atoms with E-state index in [2.05, 4.69) is 22.9 Å². The third kappa shape index (κ3) is 12.1. The standard InChI is InChI=1S/C30H26ClNO6S2.C22H18ClNO4S/c1-2-36-30(33)29-18-22-16-24(9-11-28(22)32(29)14-12-21-13-15-39-20-21)37-19-23-17-25(8-10-27(23)31)38-40(34,35)26-6-4-3-5-7-26;23-19-3-1-17(25)9-16(19)12-28-18-2-4-20-15(10-18)11-21(22(26)27)24(20)7-5-14-6-8-29-13-14/h3-11,13,15-18,20H,2,12,14,19H2,1H3;1-4,6,8-11,13,25H,5,7,12H2,(H,26,27). The molecule has 0 aliphatic carbocycles. The first-order valence-corrected chi connectivity index (χ1v) is 25.6. The van der Waals surface area contributed by atoms with Gasteiger partial charge in [-0.2, -0.15) is 31.1 Å². The number of carbonyl (C=O) groups is 2. The normalized spacial score (nSPS) is 11.3. The van der Waals surface area contributed by atoms with Gasteiger partial charge in [0.1, 0.15) is 52.5 Å². The second-order valence-corrected chi connectivity index (χ2v) is 19.5. The summed E-state index contributed by atoms with van der Waals surface area (Å²) in [6.45, 7) is 3.56. The lowest BCUT2D eigenvalue weighted by Crippen LogP contribution is -2.13. The van der Waals surface area contributed by atoms with Gasteiger partial charge in [0, 0.05) is 56.1 Å². The van der Waals surface area contributed by atoms with Crippen LogP contribution in [0.1, 0.15) is 50.2 Å². The van der Waals surface area contributed by atoms with E-state index in [4.69, 9.17) is 41.6 Å². The van der Waals surface area contributed by atoms with E-state index >= 15 is 0 Å². The first-order chi connectivity index (χ1) is 33.3. The Morgan fingerprint density at radius 2 is 1.17 bits per heavy atom. The van der Waals surface area contributed by atoms with Gasteiger partial charge in [-0.3, -0.25) is 0 Å². The summed E-state index contributed by atoms with van der Waals surface area (Å²) in [4.78, 5) is 24.5. The van der Waals surface area contributed by atoms with Gasteiger partial charge in [0.15, 0.2) is 0 Å². The number of fused-ring (bicyclic) bond motifs is 2. The molecular weight excluding hydrogens is 980 g/mol. The van der Waals surface area contributed by atoms with Crippen molar-refractivity contribution in [3.8, 4) is 23.0 Å². The summed E-state index contributed by atoms with van der Waals surface area (Å²) in [6, 6.07) is 35.9. The minimum absolute atomic E-state index is 0.0560. The predicted octanol–water partition coefficient (Wildman–Crippen LogP) is 12.7. The highest BCUT2D eigenvalue weighted by Gasteiger charge is 2.20. The number of hydrogen-bond donors (Lipinski definition) is 2. The number of hydrogen-bond acceptors (Lipinski definition) is 11. The zero-order valence-electron chi connectivity index (χ0n) is 36.9. The molecule has 354 valence electrons. The Labute approximate surface area is 416 Å². The molecule has 0 bridgehead atoms. The van der Waals surface area contributed by atoms with Crippen LogP contribution in [0, 0.1) is 0 Å². The van der Waals surface area contributed by atoms with Gasteiger partial charge in [-0.25, -0.2) is 9.59 Å². The number of carbonyl (C=O) groups excluding carboxylic acids is 1. The molecule has 12 nitrogen and oxygen atoms in total. The average Bonchev–Trinajstić information content (AvgIpc) is 4.18. The Bertz CT molecular complexity index is 3330. The van der Waals surface area contributed by atoms with Gasteiger partial charge in [-0.1, -0.05) is 41.4 Å². The number of thiophene rings is 2. The summed E-state index contributed by atoms with van der Waals surface area (Å²) in [5.74, 6) is 0.0865. The van der Waals surface area contributed by atoms with Gasteiger partial charge in [-0.05, 0) is 162 Å². The van der Waals surface area contributed by atoms with Gasteiger partial charge < -0.3 is 37.7 Å². The zero-order valence-corrected chi connectivity index (χ0v) is 40.9. The van der Waals surface area contributed by atoms with Crippen LogP contribution in [0.2, 0.25) is 10.0 Å². The molecule has 17 heteroatoms. The molecule has 0 unspecified atom stereocenters. The van der Waals surface area contributed by atoms with Crippen LogP contribution in [0.4, 0.5) is 0 Å². The number of aromatic carboxylic acids is 1. The number of aromatic nitrogens is 2. The minimum Gasteiger partial charge on any atom is -0.508 e. The highest BCUT2D eigenvalue weighted by atomic mass is 35.5. The largest absolute Gasteiger partial charge is 0.508 e. The molecule has 0 amide bonds. The van der Waals surface area contributed by atoms with Crippen molar-refractivity contribution in [1.82, 2.24) is 9.13 Å². The van der Waals surface area contributed by atoms with E-state index in [9.17, 15) is 28.2 Å². The molecule has 5 aromatic carbocycles. The summed E-state index contributed by atoms with van der Waals surface area (Å²) in [5, 5.41) is 30.0. The summed E-state index contributed by atoms with van der Waals surface area (Å²) in [6.07, 6.45) is 1.55. The Morgan fingerprint density at radius 1 is 0.638 bits per heavy atom. The van der Waals surface area contributed by atoms with E-state index in [1.165, 1.54) is 35.4 Å². The zero-order chi connectivity index (χ0) is 48.5. The Kier molecular flexibility index (Phi) is 15.6. The highest BCUT2D eigenvalue weighted by molar-refractivity contribution is 7.87. The van der Waals surface area contributed by atoms with E-state index < -0.39 is 16.1 Å². The predicted molar refractivity (Wildman–Crippen MR) is 270 cm³/mol. The van der Waals surface area contributed by atoms with Gasteiger partial charge in [-0.15, -0.1) is 0 Å². The number of aryl methyl sites for hydroxylation is 4. The Morgan fingerprint density at radius 3 is 1.72 bits per heavy atom. The Hall–Kier alpha value is -6.75. The number of halogens is 2. The molecule has 0 fully saturated rings. The number of esters is 1. The van der Waals surface area contributed by atoms with Crippen molar-refractivity contribution in [2.45, 2.75) is 51.0 Å². The first-order valence-electron chi connectivity index (χ1n) is 21.5. The van der Waals surface area contributed by atoms with Crippen molar-refractivity contribution < 1.29 is 46.6 Å². The molecule has 9 rings (SSSR count). The van der Waals surface area contributed by atoms with E-state index in [-0.39, 0.29) is 47.9 Å². The quantitative estimate of drug-likeness (QED) is 0.0627. The maximum Gasteiger partial charge on any atom is 0.354 e. The molecule has 4 heterocycles. The molecule has 0 atom stereocenters. The lowest BCUT2D eigenvalue weighted by atomic mass is 10.2. The van der Waals surface area contributed by atoms with Crippen molar-refractivity contribution in [2.75, 3.05) is 6.61 Å². The third-order valence-corrected chi connectivity index (χ3v) is 14.4. The SMILES string of the molecule is CCOC(=O)c1cc2cc(OCc3cc(OS(=O)(=O)c4ccccc4)ccc3Cl)ccc2n1CCc1ccsc1.O=C(O)c1cc2cc(OCc3cc(O)ccc3Cl)ccc2n1CCc1ccsc1. The van der Waals surface area contributed by atoms with Crippen LogP contribution in [0.3, 0.4) is 0 Å². The van der Waals surface area contributed by atoms with Crippen LogP contribution in [0.15, 0.2) is 154 Å². The van der Waals surface area contributed by atoms with Crippen molar-refractivity contribution in [2.24, 2.45) is 0 Å². The van der Waals surface area contributed by atoms with E-state index in [1.54, 1.807) is 78.1 Å². The van der Waals surface area contributed by atoms with Gasteiger partial charge in [0.05, 0.1) is 6.61 Å². The summed E-state index contributed by atoms with van der Waals surface area (Å²) < 4.78 is 51.5. The molecular formula is C52H44Cl2N2O10S3. The van der Waals surface area contributed by atoms with Gasteiger partial charge >= 0.3 is 22.1 Å². The second-order valence-electron chi connectivity index (χ2n) is 15.5. The lowest BCUT2D eigenvalue weighted by molar-refractivity contribution is 0.0513. The van der Waals surface area contributed by atoms with Crippen molar-refractivity contribution in [1.29, 1.82) is 0 Å². The fourth-order valence-electron chi connectivity index (χ4n) is 7.53. The maximum atomic E-state index is 12.7. The Balaban J connectivity index is 0.000000196. The van der Waals surface area contributed by atoms with Crippen LogP contribution in [0.5, 0.6) is 23.0 Å². The molecule has 0 aliphatic heterocycles.